The lowest BCUT2D eigenvalue weighted by molar-refractivity contribution is -0.156. The molecule has 16 heteroatoms. The molecular formula is C19H18ClF7N6O2. The number of hydrogen-bond donors (Lipinski definition) is 3. The molecule has 1 aliphatic heterocycles. The standard InChI is InChI=1S/C19H17F7N6O2.ClH/c1-17(2)7-32(16(34)31-17)15-28-6-10(13(27)30-15)14(33)29-12(19(24,25)26)9-5-8(18(21,22)23)3-4-11(9)20;/h3-6,12H,7H2,1-2H3,(H,29,33)(H,31,34)(H2,27,28,30);1H. The van der Waals surface area contributed by atoms with Crippen molar-refractivity contribution in [2.75, 3.05) is 17.2 Å². The zero-order chi connectivity index (χ0) is 25.6. The summed E-state index contributed by atoms with van der Waals surface area (Å²) in [7, 11) is 0. The quantitative estimate of drug-likeness (QED) is 0.518. The molecule has 1 unspecified atom stereocenters. The van der Waals surface area contributed by atoms with E-state index >= 15 is 0 Å². The summed E-state index contributed by atoms with van der Waals surface area (Å²) >= 11 is 0. The molecule has 0 bridgehead atoms. The first-order chi connectivity index (χ1) is 15.5. The van der Waals surface area contributed by atoms with E-state index in [1.54, 1.807) is 13.8 Å². The minimum atomic E-state index is -5.37. The summed E-state index contributed by atoms with van der Waals surface area (Å²) in [5, 5.41) is 4.06. The van der Waals surface area contributed by atoms with Gasteiger partial charge in [-0.1, -0.05) is 0 Å². The number of anilines is 2. The molecule has 1 fully saturated rings. The number of rotatable bonds is 4. The molecule has 0 spiro atoms. The average molecular weight is 531 g/mol. The topological polar surface area (TPSA) is 113 Å². The van der Waals surface area contributed by atoms with Gasteiger partial charge in [0.2, 0.25) is 5.95 Å². The molecule has 192 valence electrons. The number of benzene rings is 1. The third-order valence-electron chi connectivity index (χ3n) is 4.77. The van der Waals surface area contributed by atoms with E-state index in [9.17, 15) is 40.3 Å². The number of nitrogens with two attached hydrogens (primary N) is 1. The Morgan fingerprint density at radius 1 is 1.23 bits per heavy atom. The number of nitrogens with zero attached hydrogens (tertiary/aromatic N) is 3. The Morgan fingerprint density at radius 3 is 2.34 bits per heavy atom. The van der Waals surface area contributed by atoms with E-state index in [0.717, 1.165) is 11.1 Å². The van der Waals surface area contributed by atoms with Crippen LogP contribution in [0, 0.1) is 5.82 Å². The molecule has 0 radical (unpaired) electrons. The molecular weight excluding hydrogens is 513 g/mol. The number of nitrogens with one attached hydrogen (secondary N) is 2. The van der Waals surface area contributed by atoms with Crippen LogP contribution in [0.5, 0.6) is 0 Å². The normalized spacial score (nSPS) is 16.4. The summed E-state index contributed by atoms with van der Waals surface area (Å²) in [4.78, 5) is 33.1. The second kappa shape index (κ2) is 9.36. The van der Waals surface area contributed by atoms with Gasteiger partial charge in [-0.25, -0.2) is 14.2 Å². The highest BCUT2D eigenvalue weighted by atomic mass is 35.5. The van der Waals surface area contributed by atoms with Crippen LogP contribution in [0.3, 0.4) is 0 Å². The van der Waals surface area contributed by atoms with Gasteiger partial charge in [-0.3, -0.25) is 9.69 Å². The van der Waals surface area contributed by atoms with Crippen LogP contribution in [0.4, 0.5) is 47.3 Å². The smallest absolute Gasteiger partial charge is 0.383 e. The minimum absolute atomic E-state index is 0. The molecule has 8 nitrogen and oxygen atoms in total. The van der Waals surface area contributed by atoms with Gasteiger partial charge in [-0.05, 0) is 32.0 Å². The van der Waals surface area contributed by atoms with Crippen molar-refractivity contribution in [3.8, 4) is 0 Å². The van der Waals surface area contributed by atoms with Gasteiger partial charge in [0.05, 0.1) is 23.2 Å². The number of nitrogen functional groups attached to an aromatic ring is 1. The Kier molecular flexibility index (Phi) is 7.45. The highest BCUT2D eigenvalue weighted by Gasteiger charge is 2.45. The fourth-order valence-electron chi connectivity index (χ4n) is 3.20. The van der Waals surface area contributed by atoms with E-state index in [-0.39, 0.29) is 43.1 Å². The van der Waals surface area contributed by atoms with Crippen molar-refractivity contribution >= 4 is 36.1 Å². The van der Waals surface area contributed by atoms with Crippen molar-refractivity contribution in [2.45, 2.75) is 37.8 Å². The Balaban J connectivity index is 0.00000432. The maximum atomic E-state index is 14.1. The fourth-order valence-corrected chi connectivity index (χ4v) is 3.20. The molecule has 3 amide bonds. The van der Waals surface area contributed by atoms with Crippen LogP contribution in [-0.4, -0.2) is 40.2 Å². The number of urea groups is 1. The highest BCUT2D eigenvalue weighted by molar-refractivity contribution is 5.99. The summed E-state index contributed by atoms with van der Waals surface area (Å²) in [5.74, 6) is -3.97. The van der Waals surface area contributed by atoms with Crippen molar-refractivity contribution in [2.24, 2.45) is 0 Å². The molecule has 1 atom stereocenters. The summed E-state index contributed by atoms with van der Waals surface area (Å²) in [6.45, 7) is 3.54. The third kappa shape index (κ3) is 6.01. The molecule has 0 saturated carbocycles. The molecule has 1 aromatic carbocycles. The molecule has 1 saturated heterocycles. The fraction of sp³-hybridized carbons (Fsp3) is 0.368. The molecule has 2 heterocycles. The summed E-state index contributed by atoms with van der Waals surface area (Å²) in [6.07, 6.45) is -9.66. The molecule has 1 aromatic heterocycles. The van der Waals surface area contributed by atoms with Crippen molar-refractivity contribution in [1.29, 1.82) is 0 Å². The summed E-state index contributed by atoms with van der Waals surface area (Å²) in [5.41, 5.74) is 1.38. The van der Waals surface area contributed by atoms with Crippen LogP contribution in [0.15, 0.2) is 24.4 Å². The van der Waals surface area contributed by atoms with Crippen LogP contribution < -0.4 is 21.3 Å². The van der Waals surface area contributed by atoms with E-state index < -0.39 is 64.2 Å². The second-order valence-electron chi connectivity index (χ2n) is 8.05. The van der Waals surface area contributed by atoms with Gasteiger partial charge < -0.3 is 16.4 Å². The molecule has 3 rings (SSSR count). The summed E-state index contributed by atoms with van der Waals surface area (Å²) < 4.78 is 93.7. The van der Waals surface area contributed by atoms with Gasteiger partial charge in [0.25, 0.3) is 5.91 Å². The maximum Gasteiger partial charge on any atom is 0.416 e. The van der Waals surface area contributed by atoms with Crippen molar-refractivity contribution in [3.05, 3.63) is 46.9 Å². The number of alkyl halides is 6. The Bertz CT molecular complexity index is 1140. The van der Waals surface area contributed by atoms with Crippen molar-refractivity contribution < 1.29 is 40.3 Å². The van der Waals surface area contributed by atoms with Gasteiger partial charge in [-0.2, -0.15) is 31.3 Å². The van der Waals surface area contributed by atoms with E-state index in [4.69, 9.17) is 5.73 Å². The maximum absolute atomic E-state index is 14.1. The average Bonchev–Trinajstić information content (AvgIpc) is 2.97. The minimum Gasteiger partial charge on any atom is -0.383 e. The lowest BCUT2D eigenvalue weighted by atomic mass is 10.0. The number of halogens is 8. The van der Waals surface area contributed by atoms with Gasteiger partial charge in [-0.15, -0.1) is 12.4 Å². The largest absolute Gasteiger partial charge is 0.416 e. The van der Waals surface area contributed by atoms with Gasteiger partial charge in [0.15, 0.2) is 6.04 Å². The van der Waals surface area contributed by atoms with Crippen molar-refractivity contribution in [3.63, 3.8) is 0 Å². The molecule has 1 aliphatic rings. The third-order valence-corrected chi connectivity index (χ3v) is 4.77. The zero-order valence-electron chi connectivity index (χ0n) is 17.9. The SMILES string of the molecule is CC1(C)CN(c2ncc(C(=O)NC(c3cc(C(F)(F)F)ccc3F)C(F)(F)F)c(N)n2)C(=O)N1.Cl. The zero-order valence-corrected chi connectivity index (χ0v) is 18.7. The molecule has 35 heavy (non-hydrogen) atoms. The van der Waals surface area contributed by atoms with Gasteiger partial charge in [0, 0.05) is 11.8 Å². The predicted octanol–water partition coefficient (Wildman–Crippen LogP) is 3.98. The number of carbonyl (C=O) groups is 2. The molecule has 0 aliphatic carbocycles. The van der Waals surface area contributed by atoms with Crippen LogP contribution in [-0.2, 0) is 6.18 Å². The number of hydrogen-bond acceptors (Lipinski definition) is 5. The van der Waals surface area contributed by atoms with Gasteiger partial charge >= 0.3 is 18.4 Å². The Labute approximate surface area is 199 Å². The summed E-state index contributed by atoms with van der Waals surface area (Å²) in [6, 6.07) is -3.25. The van der Waals surface area contributed by atoms with E-state index in [1.165, 1.54) is 5.32 Å². The highest BCUT2D eigenvalue weighted by Crippen LogP contribution is 2.38. The van der Waals surface area contributed by atoms with E-state index in [2.05, 4.69) is 15.3 Å². The van der Waals surface area contributed by atoms with Gasteiger partial charge in [0.1, 0.15) is 11.6 Å². The monoisotopic (exact) mass is 530 g/mol. The van der Waals surface area contributed by atoms with Crippen LogP contribution in [0.1, 0.15) is 41.4 Å². The van der Waals surface area contributed by atoms with Crippen molar-refractivity contribution in [1.82, 2.24) is 20.6 Å². The Hall–Kier alpha value is -3.36. The second-order valence-corrected chi connectivity index (χ2v) is 8.05. The molecule has 4 N–H and O–H groups in total. The van der Waals surface area contributed by atoms with Crippen LogP contribution >= 0.6 is 12.4 Å². The molecule has 2 aromatic rings. The Morgan fingerprint density at radius 2 is 1.86 bits per heavy atom. The van der Waals surface area contributed by atoms with E-state index in [0.29, 0.717) is 0 Å². The first-order valence-electron chi connectivity index (χ1n) is 9.46. The number of aromatic nitrogens is 2. The number of amides is 3. The van der Waals surface area contributed by atoms with Crippen LogP contribution in [0.25, 0.3) is 0 Å². The first-order valence-corrected chi connectivity index (χ1v) is 9.46. The lowest BCUT2D eigenvalue weighted by Crippen LogP contribution is -2.39. The first kappa shape index (κ1) is 27.9. The van der Waals surface area contributed by atoms with Crippen LogP contribution in [0.2, 0.25) is 0 Å². The van der Waals surface area contributed by atoms with E-state index in [1.807, 2.05) is 0 Å². The number of carbonyl (C=O) groups excluding carboxylic acids is 2. The predicted molar refractivity (Wildman–Crippen MR) is 111 cm³/mol. The lowest BCUT2D eigenvalue weighted by Gasteiger charge is -2.23.